The number of hydrogen-bond donors (Lipinski definition) is 0. The summed E-state index contributed by atoms with van der Waals surface area (Å²) in [6, 6.07) is 25.5. The first-order chi connectivity index (χ1) is 17.7. The fourth-order valence-corrected chi connectivity index (χ4v) is 5.30. The van der Waals surface area contributed by atoms with E-state index in [-0.39, 0.29) is 0 Å². The van der Waals surface area contributed by atoms with Gasteiger partial charge in [-0.3, -0.25) is 4.90 Å². The quantitative estimate of drug-likeness (QED) is 0.208. The van der Waals surface area contributed by atoms with Crippen molar-refractivity contribution in [1.82, 2.24) is 14.5 Å². The van der Waals surface area contributed by atoms with Crippen molar-refractivity contribution in [2.24, 2.45) is 0 Å². The molecule has 186 valence electrons. The first kappa shape index (κ1) is 24.5. The summed E-state index contributed by atoms with van der Waals surface area (Å²) in [7, 11) is 0. The summed E-state index contributed by atoms with van der Waals surface area (Å²) in [6.07, 6.45) is 6.48. The van der Waals surface area contributed by atoms with Crippen LogP contribution in [0.2, 0.25) is 0 Å². The van der Waals surface area contributed by atoms with Crippen molar-refractivity contribution >= 4 is 11.8 Å². The van der Waals surface area contributed by atoms with E-state index in [1.54, 1.807) is 11.8 Å². The van der Waals surface area contributed by atoms with Gasteiger partial charge in [-0.05, 0) is 42.0 Å². The maximum atomic E-state index is 5.65. The van der Waals surface area contributed by atoms with Gasteiger partial charge in [-0.25, -0.2) is 4.98 Å². The summed E-state index contributed by atoms with van der Waals surface area (Å²) < 4.78 is 13.6. The first-order valence-electron chi connectivity index (χ1n) is 12.6. The van der Waals surface area contributed by atoms with Crippen LogP contribution in [0.5, 0.6) is 11.5 Å². The molecule has 0 fully saturated rings. The second kappa shape index (κ2) is 11.7. The Bertz CT molecular complexity index is 1290. The van der Waals surface area contributed by atoms with Crippen molar-refractivity contribution in [2.75, 3.05) is 13.0 Å². The van der Waals surface area contributed by atoms with Gasteiger partial charge in [0.25, 0.3) is 0 Å². The van der Waals surface area contributed by atoms with Gasteiger partial charge >= 0.3 is 0 Å². The van der Waals surface area contributed by atoms with Crippen molar-refractivity contribution in [1.29, 1.82) is 0 Å². The third-order valence-corrected chi connectivity index (χ3v) is 7.36. The summed E-state index contributed by atoms with van der Waals surface area (Å²) in [5, 5.41) is 0. The van der Waals surface area contributed by atoms with Crippen LogP contribution in [-0.2, 0) is 26.2 Å². The van der Waals surface area contributed by atoms with Crippen LogP contribution in [0, 0.1) is 0 Å². The number of benzene rings is 3. The predicted octanol–water partition coefficient (Wildman–Crippen LogP) is 7.00. The van der Waals surface area contributed by atoms with E-state index in [1.165, 1.54) is 21.7 Å². The molecule has 0 amide bonds. The Morgan fingerprint density at radius 2 is 1.72 bits per heavy atom. The third kappa shape index (κ3) is 5.61. The van der Waals surface area contributed by atoms with Crippen molar-refractivity contribution < 1.29 is 9.47 Å². The van der Waals surface area contributed by atoms with Crippen LogP contribution < -0.4 is 9.47 Å². The van der Waals surface area contributed by atoms with Gasteiger partial charge in [0, 0.05) is 36.6 Å². The predicted molar refractivity (Wildman–Crippen MR) is 146 cm³/mol. The van der Waals surface area contributed by atoms with Gasteiger partial charge in [-0.2, -0.15) is 0 Å². The fraction of sp³-hybridized carbons (Fsp3) is 0.300. The van der Waals surface area contributed by atoms with Crippen molar-refractivity contribution in [3.8, 4) is 22.9 Å². The smallest absolute Gasteiger partial charge is 0.231 e. The molecule has 0 atom stereocenters. The largest absolute Gasteiger partial charge is 0.454 e. The minimum atomic E-state index is 0.294. The molecule has 2 heterocycles. The zero-order valence-electron chi connectivity index (χ0n) is 21.0. The Labute approximate surface area is 218 Å². The van der Waals surface area contributed by atoms with Gasteiger partial charge in [0.2, 0.25) is 6.79 Å². The normalized spacial score (nSPS) is 12.4. The molecule has 0 radical (unpaired) electrons. The molecule has 3 aromatic carbocycles. The zero-order valence-corrected chi connectivity index (χ0v) is 21.8. The number of rotatable bonds is 11. The lowest BCUT2D eigenvalue weighted by molar-refractivity contribution is 0.174. The van der Waals surface area contributed by atoms with E-state index in [1.807, 2.05) is 6.07 Å². The van der Waals surface area contributed by atoms with Gasteiger partial charge in [0.15, 0.2) is 11.5 Å². The summed E-state index contributed by atoms with van der Waals surface area (Å²) >= 11 is 1.80. The molecule has 0 spiro atoms. The Morgan fingerprint density at radius 1 is 0.917 bits per heavy atom. The Kier molecular flexibility index (Phi) is 7.94. The summed E-state index contributed by atoms with van der Waals surface area (Å²) in [5.41, 5.74) is 4.96. The molecule has 0 unspecified atom stereocenters. The lowest BCUT2D eigenvalue weighted by Gasteiger charge is -2.25. The Balaban J connectivity index is 1.46. The number of ether oxygens (including phenoxy) is 2. The van der Waals surface area contributed by atoms with Crippen LogP contribution in [0.4, 0.5) is 0 Å². The number of thioether (sulfide) groups is 1. The SMILES string of the molecule is CCCCn1c(CN(Cc2ccc3c(c2)OCO3)Cc2ccccc2SC)cnc1-c1ccccc1. The highest BCUT2D eigenvalue weighted by atomic mass is 32.2. The second-order valence-electron chi connectivity index (χ2n) is 9.09. The van der Waals surface area contributed by atoms with Gasteiger partial charge in [-0.15, -0.1) is 11.8 Å². The number of aromatic nitrogens is 2. The highest BCUT2D eigenvalue weighted by Crippen LogP contribution is 2.33. The molecule has 0 N–H and O–H groups in total. The van der Waals surface area contributed by atoms with Crippen LogP contribution in [0.15, 0.2) is 83.9 Å². The van der Waals surface area contributed by atoms with E-state index in [4.69, 9.17) is 14.5 Å². The van der Waals surface area contributed by atoms with Gasteiger partial charge in [0.05, 0.1) is 11.9 Å². The Hall–Kier alpha value is -3.22. The number of unbranched alkanes of at least 4 members (excludes halogenated alkanes) is 1. The number of imidazole rings is 1. The zero-order chi connectivity index (χ0) is 24.7. The van der Waals surface area contributed by atoms with E-state index < -0.39 is 0 Å². The molecule has 4 aromatic rings. The lowest BCUT2D eigenvalue weighted by Crippen LogP contribution is -2.24. The molecular weight excluding hydrogens is 466 g/mol. The molecule has 5 nitrogen and oxygen atoms in total. The van der Waals surface area contributed by atoms with E-state index in [9.17, 15) is 0 Å². The number of hydrogen-bond acceptors (Lipinski definition) is 5. The Morgan fingerprint density at radius 3 is 2.56 bits per heavy atom. The molecular formula is C30H33N3O2S. The van der Waals surface area contributed by atoms with E-state index in [2.05, 4.69) is 95.6 Å². The van der Waals surface area contributed by atoms with Gasteiger partial charge in [-0.1, -0.05) is 67.9 Å². The van der Waals surface area contributed by atoms with Crippen molar-refractivity contribution in [3.63, 3.8) is 0 Å². The maximum Gasteiger partial charge on any atom is 0.231 e. The molecule has 0 saturated heterocycles. The van der Waals surface area contributed by atoms with Crippen LogP contribution in [0.1, 0.15) is 36.6 Å². The van der Waals surface area contributed by atoms with Crippen LogP contribution in [0.3, 0.4) is 0 Å². The van der Waals surface area contributed by atoms with E-state index in [0.29, 0.717) is 6.79 Å². The fourth-order valence-electron chi connectivity index (χ4n) is 4.69. The van der Waals surface area contributed by atoms with Gasteiger partial charge in [0.1, 0.15) is 5.82 Å². The number of fused-ring (bicyclic) bond motifs is 1. The van der Waals surface area contributed by atoms with E-state index in [0.717, 1.165) is 61.9 Å². The molecule has 1 aliphatic heterocycles. The first-order valence-corrected chi connectivity index (χ1v) is 13.8. The average molecular weight is 500 g/mol. The molecule has 0 aliphatic carbocycles. The molecule has 0 saturated carbocycles. The molecule has 1 aromatic heterocycles. The highest BCUT2D eigenvalue weighted by molar-refractivity contribution is 7.98. The third-order valence-electron chi connectivity index (χ3n) is 6.52. The molecule has 5 rings (SSSR count). The summed E-state index contributed by atoms with van der Waals surface area (Å²) in [6.45, 7) is 5.96. The molecule has 1 aliphatic rings. The van der Waals surface area contributed by atoms with Crippen LogP contribution in [-0.4, -0.2) is 27.5 Å². The molecule has 36 heavy (non-hydrogen) atoms. The highest BCUT2D eigenvalue weighted by Gasteiger charge is 2.19. The minimum absolute atomic E-state index is 0.294. The van der Waals surface area contributed by atoms with Crippen molar-refractivity contribution in [3.05, 3.63) is 95.8 Å². The van der Waals surface area contributed by atoms with E-state index >= 15 is 0 Å². The topological polar surface area (TPSA) is 39.5 Å². The summed E-state index contributed by atoms with van der Waals surface area (Å²) in [4.78, 5) is 8.70. The van der Waals surface area contributed by atoms with Crippen molar-refractivity contribution in [2.45, 2.75) is 50.8 Å². The van der Waals surface area contributed by atoms with Crippen LogP contribution in [0.25, 0.3) is 11.4 Å². The summed E-state index contributed by atoms with van der Waals surface area (Å²) in [5.74, 6) is 2.70. The average Bonchev–Trinajstić information content (AvgIpc) is 3.54. The molecule has 0 bridgehead atoms. The standard InChI is InChI=1S/C30H33N3O2S/c1-3-4-16-33-26(18-31-30(33)24-10-6-5-7-11-24)21-32(20-25-12-8-9-13-29(25)36-2)19-23-14-15-27-28(17-23)35-22-34-27/h5-15,17-18H,3-4,16,19-22H2,1-2H3. The molecule has 6 heteroatoms. The second-order valence-corrected chi connectivity index (χ2v) is 9.94. The maximum absolute atomic E-state index is 5.65. The monoisotopic (exact) mass is 499 g/mol. The van der Waals surface area contributed by atoms with Crippen LogP contribution >= 0.6 is 11.8 Å². The lowest BCUT2D eigenvalue weighted by atomic mass is 10.1. The minimum Gasteiger partial charge on any atom is -0.454 e. The number of nitrogens with zero attached hydrogens (tertiary/aromatic N) is 3. The van der Waals surface area contributed by atoms with Gasteiger partial charge < -0.3 is 14.0 Å².